The summed E-state index contributed by atoms with van der Waals surface area (Å²) >= 11 is 0. The van der Waals surface area contributed by atoms with Crippen molar-refractivity contribution in [2.75, 3.05) is 0 Å². The lowest BCUT2D eigenvalue weighted by Gasteiger charge is -2.06. The molecule has 3 rings (SSSR count). The molecule has 1 aromatic heterocycles. The minimum atomic E-state index is -0.215. The van der Waals surface area contributed by atoms with E-state index < -0.39 is 0 Å². The van der Waals surface area contributed by atoms with E-state index >= 15 is 0 Å². The number of pyridine rings is 1. The van der Waals surface area contributed by atoms with E-state index in [1.165, 1.54) is 16.5 Å². The minimum absolute atomic E-state index is 0.215. The van der Waals surface area contributed by atoms with E-state index in [1.54, 1.807) is 0 Å². The van der Waals surface area contributed by atoms with Crippen molar-refractivity contribution in [1.29, 1.82) is 0 Å². The van der Waals surface area contributed by atoms with Crippen LogP contribution in [0.1, 0.15) is 24.8 Å². The van der Waals surface area contributed by atoms with Crippen LogP contribution < -0.4 is 0 Å². The molecule has 2 nitrogen and oxygen atoms in total. The summed E-state index contributed by atoms with van der Waals surface area (Å²) in [6.45, 7) is 0. The zero-order chi connectivity index (χ0) is 12.4. The third kappa shape index (κ3) is 2.16. The first-order chi connectivity index (χ1) is 8.84. The third-order valence-electron chi connectivity index (χ3n) is 3.67. The lowest BCUT2D eigenvalue weighted by atomic mass is 10.0. The number of rotatable bonds is 2. The van der Waals surface area contributed by atoms with Gasteiger partial charge in [0.25, 0.3) is 0 Å². The molecule has 2 aromatic rings. The Bertz CT molecular complexity index is 583. The molecular weight excluding hydrogens is 222 g/mol. The summed E-state index contributed by atoms with van der Waals surface area (Å²) in [5.41, 5.74) is 3.51. The Labute approximate surface area is 107 Å². The predicted molar refractivity (Wildman–Crippen MR) is 73.4 cm³/mol. The monoisotopic (exact) mass is 239 g/mol. The first-order valence-electron chi connectivity index (χ1n) is 6.54. The number of hydrogen-bond donors (Lipinski definition) is 1. The molecule has 0 saturated heterocycles. The Kier molecular flexibility index (Phi) is 3.11. The number of hydrogen-bond acceptors (Lipinski definition) is 2. The fraction of sp³-hybridized carbons (Fsp3) is 0.312. The molecule has 18 heavy (non-hydrogen) atoms. The van der Waals surface area contributed by atoms with Crippen molar-refractivity contribution in [1.82, 2.24) is 4.98 Å². The smallest absolute Gasteiger partial charge is 0.0750 e. The van der Waals surface area contributed by atoms with Crippen LogP contribution >= 0.6 is 0 Å². The SMILES string of the molecule is OC1CCC/C1=C\Cc1cccc2cccnc12. The van der Waals surface area contributed by atoms with Gasteiger partial charge in [-0.25, -0.2) is 0 Å². The highest BCUT2D eigenvalue weighted by Crippen LogP contribution is 2.25. The van der Waals surface area contributed by atoms with Gasteiger partial charge in [0, 0.05) is 11.6 Å². The quantitative estimate of drug-likeness (QED) is 0.816. The largest absolute Gasteiger partial charge is 0.389 e. The molecule has 1 atom stereocenters. The Hall–Kier alpha value is -1.67. The van der Waals surface area contributed by atoms with Crippen LogP contribution in [0.2, 0.25) is 0 Å². The van der Waals surface area contributed by atoms with Crippen molar-refractivity contribution in [3.63, 3.8) is 0 Å². The van der Waals surface area contributed by atoms with Gasteiger partial charge in [-0.3, -0.25) is 4.98 Å². The van der Waals surface area contributed by atoms with E-state index in [1.807, 2.05) is 12.3 Å². The molecular formula is C16H17NO. The second-order valence-corrected chi connectivity index (χ2v) is 4.88. The van der Waals surface area contributed by atoms with E-state index in [9.17, 15) is 5.11 Å². The van der Waals surface area contributed by atoms with Gasteiger partial charge in [0.2, 0.25) is 0 Å². The maximum Gasteiger partial charge on any atom is 0.0750 e. The summed E-state index contributed by atoms with van der Waals surface area (Å²) in [7, 11) is 0. The van der Waals surface area contributed by atoms with Crippen molar-refractivity contribution in [2.24, 2.45) is 0 Å². The number of fused-ring (bicyclic) bond motifs is 1. The number of para-hydroxylation sites is 1. The van der Waals surface area contributed by atoms with Crippen molar-refractivity contribution in [2.45, 2.75) is 31.8 Å². The number of benzene rings is 1. The molecule has 2 heteroatoms. The molecule has 1 heterocycles. The summed E-state index contributed by atoms with van der Waals surface area (Å²) in [5.74, 6) is 0. The molecule has 1 aromatic carbocycles. The molecule has 92 valence electrons. The van der Waals surface area contributed by atoms with Gasteiger partial charge < -0.3 is 5.11 Å². The zero-order valence-electron chi connectivity index (χ0n) is 10.3. The number of nitrogens with zero attached hydrogens (tertiary/aromatic N) is 1. The van der Waals surface area contributed by atoms with Crippen molar-refractivity contribution in [3.05, 3.63) is 53.7 Å². The normalized spacial score (nSPS) is 21.8. The number of allylic oxidation sites excluding steroid dienone is 1. The molecule has 1 aliphatic carbocycles. The fourth-order valence-corrected chi connectivity index (χ4v) is 2.66. The Morgan fingerprint density at radius 1 is 1.28 bits per heavy atom. The summed E-state index contributed by atoms with van der Waals surface area (Å²) in [4.78, 5) is 4.45. The molecule has 1 fully saturated rings. The van der Waals surface area contributed by atoms with Gasteiger partial charge in [0.1, 0.15) is 0 Å². The van der Waals surface area contributed by atoms with Gasteiger partial charge in [-0.1, -0.05) is 30.3 Å². The highest BCUT2D eigenvalue weighted by Gasteiger charge is 2.17. The standard InChI is InChI=1S/C16H17NO/c18-15-8-2-4-12(15)9-10-14-6-1-5-13-7-3-11-17-16(13)14/h1,3,5-7,9,11,15,18H,2,4,8,10H2/b12-9+. The highest BCUT2D eigenvalue weighted by atomic mass is 16.3. The van der Waals surface area contributed by atoms with E-state index in [0.717, 1.165) is 31.2 Å². The molecule has 0 amide bonds. The molecule has 0 radical (unpaired) electrons. The summed E-state index contributed by atoms with van der Waals surface area (Å²) in [5, 5.41) is 11.0. The van der Waals surface area contributed by atoms with Gasteiger partial charge in [-0.15, -0.1) is 0 Å². The Balaban J connectivity index is 1.91. The second kappa shape index (κ2) is 4.91. The van der Waals surface area contributed by atoms with Crippen LogP contribution in [0.15, 0.2) is 48.2 Å². The minimum Gasteiger partial charge on any atom is -0.389 e. The third-order valence-corrected chi connectivity index (χ3v) is 3.67. The average molecular weight is 239 g/mol. The maximum absolute atomic E-state index is 9.80. The first-order valence-corrected chi connectivity index (χ1v) is 6.54. The second-order valence-electron chi connectivity index (χ2n) is 4.88. The molecule has 0 spiro atoms. The first kappa shape index (κ1) is 11.4. The summed E-state index contributed by atoms with van der Waals surface area (Å²) in [6.07, 6.45) is 7.73. The van der Waals surface area contributed by atoms with Crippen molar-refractivity contribution < 1.29 is 5.11 Å². The van der Waals surface area contributed by atoms with Gasteiger partial charge in [-0.05, 0) is 42.9 Å². The van der Waals surface area contributed by atoms with Crippen LogP contribution in [-0.2, 0) is 6.42 Å². The van der Waals surface area contributed by atoms with Gasteiger partial charge in [-0.2, -0.15) is 0 Å². The highest BCUT2D eigenvalue weighted by molar-refractivity contribution is 5.81. The molecule has 1 unspecified atom stereocenters. The van der Waals surface area contributed by atoms with Crippen molar-refractivity contribution >= 4 is 10.9 Å². The van der Waals surface area contributed by atoms with Crippen molar-refractivity contribution in [3.8, 4) is 0 Å². The van der Waals surface area contributed by atoms with Crippen LogP contribution in [-0.4, -0.2) is 16.2 Å². The zero-order valence-corrected chi connectivity index (χ0v) is 10.3. The lowest BCUT2D eigenvalue weighted by molar-refractivity contribution is 0.217. The number of aliphatic hydroxyl groups excluding tert-OH is 1. The Morgan fingerprint density at radius 2 is 2.17 bits per heavy atom. The predicted octanol–water partition coefficient (Wildman–Crippen LogP) is 3.25. The maximum atomic E-state index is 9.80. The number of aliphatic hydroxyl groups is 1. The average Bonchev–Trinajstić information content (AvgIpc) is 2.82. The van der Waals surface area contributed by atoms with E-state index in [0.29, 0.717) is 0 Å². The van der Waals surface area contributed by atoms with E-state index in [2.05, 4.69) is 35.3 Å². The van der Waals surface area contributed by atoms with Crippen LogP contribution in [0.3, 0.4) is 0 Å². The van der Waals surface area contributed by atoms with Gasteiger partial charge in [0.05, 0.1) is 11.6 Å². The van der Waals surface area contributed by atoms with Gasteiger partial charge >= 0.3 is 0 Å². The molecule has 0 bridgehead atoms. The molecule has 1 N–H and O–H groups in total. The van der Waals surface area contributed by atoms with Crippen LogP contribution in [0.25, 0.3) is 10.9 Å². The molecule has 0 aliphatic heterocycles. The van der Waals surface area contributed by atoms with Crippen LogP contribution in [0.5, 0.6) is 0 Å². The lowest BCUT2D eigenvalue weighted by Crippen LogP contribution is -2.01. The summed E-state index contributed by atoms with van der Waals surface area (Å²) < 4.78 is 0. The van der Waals surface area contributed by atoms with E-state index in [4.69, 9.17) is 0 Å². The summed E-state index contributed by atoms with van der Waals surface area (Å²) in [6, 6.07) is 10.3. The van der Waals surface area contributed by atoms with Gasteiger partial charge in [0.15, 0.2) is 0 Å². The van der Waals surface area contributed by atoms with Crippen LogP contribution in [0, 0.1) is 0 Å². The molecule has 1 saturated carbocycles. The molecule has 1 aliphatic rings. The fourth-order valence-electron chi connectivity index (χ4n) is 2.66. The van der Waals surface area contributed by atoms with E-state index in [-0.39, 0.29) is 6.10 Å². The Morgan fingerprint density at radius 3 is 3.00 bits per heavy atom. The van der Waals surface area contributed by atoms with Crippen LogP contribution in [0.4, 0.5) is 0 Å². The number of aromatic nitrogens is 1. The topological polar surface area (TPSA) is 33.1 Å².